The molecule has 1 aliphatic rings. The third-order valence-corrected chi connectivity index (χ3v) is 5.61. The summed E-state index contributed by atoms with van der Waals surface area (Å²) >= 11 is 1.55. The summed E-state index contributed by atoms with van der Waals surface area (Å²) < 4.78 is 13.3. The highest BCUT2D eigenvalue weighted by Gasteiger charge is 2.18. The number of anilines is 1. The number of hydrogen-bond acceptors (Lipinski definition) is 5. The van der Waals surface area contributed by atoms with Crippen LogP contribution >= 0.6 is 11.3 Å². The number of benzene rings is 1. The van der Waals surface area contributed by atoms with E-state index in [4.69, 9.17) is 9.47 Å². The molecule has 0 bridgehead atoms. The third kappa shape index (κ3) is 3.95. The maximum Gasteiger partial charge on any atom is 0.257 e. The SMILES string of the molecule is Cc1cc(C(=O)Nc2ccc(OCC3CCCO3)cc2)c(C)n1-c1nccs1. The zero-order valence-corrected chi connectivity index (χ0v) is 16.8. The van der Waals surface area contributed by atoms with Gasteiger partial charge in [-0.3, -0.25) is 9.36 Å². The first kappa shape index (κ1) is 18.7. The molecule has 1 saturated heterocycles. The summed E-state index contributed by atoms with van der Waals surface area (Å²) in [6, 6.07) is 9.32. The number of carbonyl (C=O) groups excluding carboxylic acids is 1. The minimum absolute atomic E-state index is 0.135. The minimum Gasteiger partial charge on any atom is -0.491 e. The van der Waals surface area contributed by atoms with E-state index in [0.717, 1.165) is 47.4 Å². The lowest BCUT2D eigenvalue weighted by atomic mass is 10.2. The first-order chi connectivity index (χ1) is 13.6. The van der Waals surface area contributed by atoms with Crippen molar-refractivity contribution in [3.63, 3.8) is 0 Å². The monoisotopic (exact) mass is 397 g/mol. The molecule has 1 fully saturated rings. The van der Waals surface area contributed by atoms with Crippen molar-refractivity contribution < 1.29 is 14.3 Å². The predicted molar refractivity (Wildman–Crippen MR) is 110 cm³/mol. The van der Waals surface area contributed by atoms with Crippen molar-refractivity contribution in [3.05, 3.63) is 58.9 Å². The van der Waals surface area contributed by atoms with Gasteiger partial charge in [0.2, 0.25) is 0 Å². The zero-order valence-electron chi connectivity index (χ0n) is 16.0. The van der Waals surface area contributed by atoms with Crippen LogP contribution in [0.1, 0.15) is 34.6 Å². The van der Waals surface area contributed by atoms with Gasteiger partial charge in [-0.25, -0.2) is 4.98 Å². The lowest BCUT2D eigenvalue weighted by molar-refractivity contribution is 0.0679. The molecule has 1 N–H and O–H groups in total. The molecule has 1 aromatic carbocycles. The molecule has 0 saturated carbocycles. The average molecular weight is 398 g/mol. The molecule has 28 heavy (non-hydrogen) atoms. The number of carbonyl (C=O) groups is 1. The molecule has 3 heterocycles. The largest absolute Gasteiger partial charge is 0.491 e. The van der Waals surface area contributed by atoms with Gasteiger partial charge in [0.1, 0.15) is 12.4 Å². The maximum atomic E-state index is 12.8. The fourth-order valence-electron chi connectivity index (χ4n) is 3.41. The minimum atomic E-state index is -0.135. The number of amides is 1. The summed E-state index contributed by atoms with van der Waals surface area (Å²) in [7, 11) is 0. The molecule has 4 rings (SSSR count). The van der Waals surface area contributed by atoms with E-state index in [-0.39, 0.29) is 12.0 Å². The van der Waals surface area contributed by atoms with Gasteiger partial charge in [-0.1, -0.05) is 0 Å². The Morgan fingerprint density at radius 2 is 2.18 bits per heavy atom. The van der Waals surface area contributed by atoms with Gasteiger partial charge in [-0.2, -0.15) is 0 Å². The van der Waals surface area contributed by atoms with Crippen LogP contribution in [0.15, 0.2) is 41.9 Å². The standard InChI is InChI=1S/C21H23N3O3S/c1-14-12-19(15(2)24(14)21-22-9-11-28-21)20(25)23-16-5-7-17(8-6-16)27-13-18-4-3-10-26-18/h5-9,11-12,18H,3-4,10,13H2,1-2H3,(H,23,25). The molecule has 1 aliphatic heterocycles. The highest BCUT2D eigenvalue weighted by molar-refractivity contribution is 7.12. The summed E-state index contributed by atoms with van der Waals surface area (Å²) in [5, 5.41) is 5.75. The summed E-state index contributed by atoms with van der Waals surface area (Å²) in [5.74, 6) is 0.638. The zero-order chi connectivity index (χ0) is 19.5. The molecule has 0 radical (unpaired) electrons. The number of nitrogens with zero attached hydrogens (tertiary/aromatic N) is 2. The van der Waals surface area contributed by atoms with Crippen LogP contribution in [0.25, 0.3) is 5.13 Å². The van der Waals surface area contributed by atoms with Crippen LogP contribution in [0.3, 0.4) is 0 Å². The molecule has 1 amide bonds. The van der Waals surface area contributed by atoms with Crippen LogP contribution in [0.5, 0.6) is 5.75 Å². The van der Waals surface area contributed by atoms with Gasteiger partial charge in [0.25, 0.3) is 5.91 Å². The number of ether oxygens (including phenoxy) is 2. The number of nitrogens with one attached hydrogen (secondary N) is 1. The van der Waals surface area contributed by atoms with E-state index >= 15 is 0 Å². The molecule has 1 atom stereocenters. The molecule has 6 nitrogen and oxygen atoms in total. The Kier molecular flexibility index (Phi) is 5.45. The highest BCUT2D eigenvalue weighted by atomic mass is 32.1. The van der Waals surface area contributed by atoms with Crippen LogP contribution < -0.4 is 10.1 Å². The van der Waals surface area contributed by atoms with Crippen LogP contribution in [-0.4, -0.2) is 34.8 Å². The smallest absolute Gasteiger partial charge is 0.257 e. The maximum absolute atomic E-state index is 12.8. The van der Waals surface area contributed by atoms with Crippen LogP contribution in [0.2, 0.25) is 0 Å². The molecule has 7 heteroatoms. The lowest BCUT2D eigenvalue weighted by Gasteiger charge is -2.12. The van der Waals surface area contributed by atoms with E-state index in [0.29, 0.717) is 12.2 Å². The lowest BCUT2D eigenvalue weighted by Crippen LogP contribution is -2.16. The Morgan fingerprint density at radius 1 is 1.36 bits per heavy atom. The summed E-state index contributed by atoms with van der Waals surface area (Å²) in [5.41, 5.74) is 3.23. The van der Waals surface area contributed by atoms with E-state index in [9.17, 15) is 4.79 Å². The van der Waals surface area contributed by atoms with Crippen molar-refractivity contribution in [2.45, 2.75) is 32.8 Å². The molecule has 146 valence electrons. The summed E-state index contributed by atoms with van der Waals surface area (Å²) in [6.07, 6.45) is 4.10. The number of aryl methyl sites for hydroxylation is 1. The van der Waals surface area contributed by atoms with E-state index in [1.54, 1.807) is 17.5 Å². The fraction of sp³-hybridized carbons (Fsp3) is 0.333. The van der Waals surface area contributed by atoms with Gasteiger partial charge in [0.05, 0.1) is 11.7 Å². The molecular weight excluding hydrogens is 374 g/mol. The predicted octanol–water partition coefficient (Wildman–Crippen LogP) is 4.36. The Balaban J connectivity index is 1.41. The second-order valence-corrected chi connectivity index (χ2v) is 7.73. The van der Waals surface area contributed by atoms with Gasteiger partial charge in [-0.05, 0) is 57.0 Å². The number of rotatable bonds is 6. The molecule has 2 aromatic heterocycles. The second kappa shape index (κ2) is 8.16. The normalized spacial score (nSPS) is 16.3. The van der Waals surface area contributed by atoms with Crippen LogP contribution in [0.4, 0.5) is 5.69 Å². The Hall–Kier alpha value is -2.64. The van der Waals surface area contributed by atoms with Gasteiger partial charge >= 0.3 is 0 Å². The van der Waals surface area contributed by atoms with Gasteiger partial charge in [0, 0.05) is 35.3 Å². The van der Waals surface area contributed by atoms with E-state index < -0.39 is 0 Å². The average Bonchev–Trinajstić information content (AvgIpc) is 3.43. The third-order valence-electron chi connectivity index (χ3n) is 4.86. The van der Waals surface area contributed by atoms with Crippen molar-refractivity contribution in [1.82, 2.24) is 9.55 Å². The van der Waals surface area contributed by atoms with Crippen molar-refractivity contribution in [2.24, 2.45) is 0 Å². The summed E-state index contributed by atoms with van der Waals surface area (Å²) in [4.78, 5) is 17.1. The Morgan fingerprint density at radius 3 is 2.86 bits per heavy atom. The Bertz CT molecular complexity index is 942. The Labute approximate surface area is 168 Å². The number of aromatic nitrogens is 2. The van der Waals surface area contributed by atoms with Crippen LogP contribution in [0, 0.1) is 13.8 Å². The molecule has 3 aromatic rings. The van der Waals surface area contributed by atoms with Crippen molar-refractivity contribution in [3.8, 4) is 10.9 Å². The van der Waals surface area contributed by atoms with Crippen molar-refractivity contribution >= 4 is 22.9 Å². The number of thiazole rings is 1. The number of hydrogen-bond donors (Lipinski definition) is 1. The topological polar surface area (TPSA) is 65.4 Å². The summed E-state index contributed by atoms with van der Waals surface area (Å²) in [6.45, 7) is 5.30. The molecule has 0 aliphatic carbocycles. The van der Waals surface area contributed by atoms with Crippen LogP contribution in [-0.2, 0) is 4.74 Å². The molecule has 1 unspecified atom stereocenters. The van der Waals surface area contributed by atoms with E-state index in [2.05, 4.69) is 10.3 Å². The van der Waals surface area contributed by atoms with E-state index in [1.165, 1.54) is 0 Å². The first-order valence-electron chi connectivity index (χ1n) is 9.36. The van der Waals surface area contributed by atoms with Gasteiger partial charge < -0.3 is 14.8 Å². The van der Waals surface area contributed by atoms with Crippen molar-refractivity contribution in [2.75, 3.05) is 18.5 Å². The van der Waals surface area contributed by atoms with Gasteiger partial charge in [-0.15, -0.1) is 11.3 Å². The quantitative estimate of drug-likeness (QED) is 0.671. The fourth-order valence-corrected chi connectivity index (χ4v) is 4.16. The molecular formula is C21H23N3O3S. The van der Waals surface area contributed by atoms with Crippen molar-refractivity contribution in [1.29, 1.82) is 0 Å². The highest BCUT2D eigenvalue weighted by Crippen LogP contribution is 2.24. The van der Waals surface area contributed by atoms with E-state index in [1.807, 2.05) is 54.1 Å². The van der Waals surface area contributed by atoms with Gasteiger partial charge in [0.15, 0.2) is 5.13 Å². The second-order valence-electron chi connectivity index (χ2n) is 6.86. The molecule has 0 spiro atoms. The first-order valence-corrected chi connectivity index (χ1v) is 10.2.